The van der Waals surface area contributed by atoms with Gasteiger partial charge in [-0.3, -0.25) is 4.79 Å². The summed E-state index contributed by atoms with van der Waals surface area (Å²) in [6.45, 7) is 4.14. The molecule has 0 N–H and O–H groups in total. The SMILES string of the molecule is CCN(C)C(=O)C[P+](C)=O. The smallest absolute Gasteiger partial charge is 0.342 e. The van der Waals surface area contributed by atoms with E-state index in [1.165, 1.54) is 0 Å². The standard InChI is InChI=1S/C6H13NO2P/c1-4-7(2)6(8)5-10(3)9/h4-5H2,1-3H3/q+1. The van der Waals surface area contributed by atoms with E-state index < -0.39 is 7.80 Å². The zero-order valence-electron chi connectivity index (χ0n) is 6.63. The van der Waals surface area contributed by atoms with Gasteiger partial charge in [0.1, 0.15) is 6.66 Å². The highest BCUT2D eigenvalue weighted by atomic mass is 31.1. The average molecular weight is 162 g/mol. The fraction of sp³-hybridized carbons (Fsp3) is 0.833. The molecule has 0 aliphatic heterocycles. The second-order valence-electron chi connectivity index (χ2n) is 2.19. The number of nitrogens with zero attached hydrogens (tertiary/aromatic N) is 1. The lowest BCUT2D eigenvalue weighted by atomic mass is 10.5. The molecule has 0 aromatic carbocycles. The Balaban J connectivity index is 3.73. The molecule has 0 aliphatic carbocycles. The minimum atomic E-state index is -1.32. The molecule has 0 bridgehead atoms. The maximum absolute atomic E-state index is 10.9. The van der Waals surface area contributed by atoms with Gasteiger partial charge in [-0.2, -0.15) is 0 Å². The largest absolute Gasteiger partial charge is 0.345 e. The second kappa shape index (κ2) is 4.40. The van der Waals surface area contributed by atoms with E-state index in [9.17, 15) is 9.36 Å². The van der Waals surface area contributed by atoms with Gasteiger partial charge in [0.25, 0.3) is 5.91 Å². The van der Waals surface area contributed by atoms with Crippen molar-refractivity contribution < 1.29 is 9.36 Å². The van der Waals surface area contributed by atoms with Crippen molar-refractivity contribution in [2.24, 2.45) is 0 Å². The van der Waals surface area contributed by atoms with Crippen molar-refractivity contribution in [2.45, 2.75) is 6.92 Å². The summed E-state index contributed by atoms with van der Waals surface area (Å²) < 4.78 is 10.6. The van der Waals surface area contributed by atoms with Crippen LogP contribution in [0, 0.1) is 0 Å². The van der Waals surface area contributed by atoms with Gasteiger partial charge in [-0.1, -0.05) is 4.57 Å². The van der Waals surface area contributed by atoms with Crippen molar-refractivity contribution in [3.05, 3.63) is 0 Å². The number of amides is 1. The molecule has 58 valence electrons. The number of hydrogen-bond acceptors (Lipinski definition) is 2. The van der Waals surface area contributed by atoms with E-state index in [1.54, 1.807) is 18.6 Å². The lowest BCUT2D eigenvalue weighted by Gasteiger charge is -2.09. The molecule has 0 fully saturated rings. The summed E-state index contributed by atoms with van der Waals surface area (Å²) in [6, 6.07) is 0. The molecule has 1 unspecified atom stereocenters. The Morgan fingerprint density at radius 3 is 2.40 bits per heavy atom. The van der Waals surface area contributed by atoms with Crippen molar-refractivity contribution in [3.63, 3.8) is 0 Å². The van der Waals surface area contributed by atoms with Gasteiger partial charge in [0, 0.05) is 13.6 Å². The molecule has 10 heavy (non-hydrogen) atoms. The predicted molar refractivity (Wildman–Crippen MR) is 41.7 cm³/mol. The van der Waals surface area contributed by atoms with Crippen LogP contribution in [0.25, 0.3) is 0 Å². The van der Waals surface area contributed by atoms with E-state index >= 15 is 0 Å². The van der Waals surface area contributed by atoms with E-state index in [-0.39, 0.29) is 12.1 Å². The molecule has 0 spiro atoms. The normalized spacial score (nSPS) is 10.9. The molecule has 0 saturated heterocycles. The third-order valence-electron chi connectivity index (χ3n) is 1.26. The van der Waals surface area contributed by atoms with Crippen LogP contribution in [0.4, 0.5) is 0 Å². The Hall–Kier alpha value is -0.430. The maximum atomic E-state index is 10.9. The van der Waals surface area contributed by atoms with Crippen LogP contribution in [0.1, 0.15) is 6.92 Å². The number of hydrogen-bond donors (Lipinski definition) is 0. The van der Waals surface area contributed by atoms with E-state index in [1.807, 2.05) is 6.92 Å². The molecule has 0 saturated carbocycles. The van der Waals surface area contributed by atoms with E-state index in [0.717, 1.165) is 0 Å². The van der Waals surface area contributed by atoms with Crippen LogP contribution in [0.5, 0.6) is 0 Å². The predicted octanol–water partition coefficient (Wildman–Crippen LogP) is 0.922. The van der Waals surface area contributed by atoms with Crippen LogP contribution in [-0.4, -0.2) is 37.2 Å². The summed E-state index contributed by atoms with van der Waals surface area (Å²) in [4.78, 5) is 12.5. The maximum Gasteiger partial charge on any atom is 0.345 e. The van der Waals surface area contributed by atoms with Gasteiger partial charge >= 0.3 is 7.80 Å². The summed E-state index contributed by atoms with van der Waals surface area (Å²) in [7, 11) is 0.390. The number of carbonyl (C=O) groups excluding carboxylic acids is 1. The van der Waals surface area contributed by atoms with E-state index in [2.05, 4.69) is 0 Å². The van der Waals surface area contributed by atoms with Crippen molar-refractivity contribution in [1.29, 1.82) is 0 Å². The fourth-order valence-corrected chi connectivity index (χ4v) is 1.11. The van der Waals surface area contributed by atoms with Crippen LogP contribution in [0.2, 0.25) is 0 Å². The summed E-state index contributed by atoms with van der Waals surface area (Å²) >= 11 is 0. The van der Waals surface area contributed by atoms with Crippen molar-refractivity contribution >= 4 is 13.7 Å². The Kier molecular flexibility index (Phi) is 4.21. The fourth-order valence-electron chi connectivity index (χ4n) is 0.488. The van der Waals surface area contributed by atoms with E-state index in [0.29, 0.717) is 6.54 Å². The Labute approximate surface area is 62.2 Å². The summed E-state index contributed by atoms with van der Waals surface area (Å²) in [5.74, 6) is -0.0360. The summed E-state index contributed by atoms with van der Waals surface area (Å²) in [6.07, 6.45) is 0.180. The molecular formula is C6H13NO2P+. The molecule has 0 aromatic rings. The second-order valence-corrected chi connectivity index (χ2v) is 3.77. The van der Waals surface area contributed by atoms with Crippen molar-refractivity contribution in [2.75, 3.05) is 26.4 Å². The first-order valence-corrected chi connectivity index (χ1v) is 5.09. The Morgan fingerprint density at radius 2 is 2.10 bits per heavy atom. The van der Waals surface area contributed by atoms with E-state index in [4.69, 9.17) is 0 Å². The molecule has 0 heterocycles. The number of carbonyl (C=O) groups is 1. The van der Waals surface area contributed by atoms with Crippen LogP contribution in [0.3, 0.4) is 0 Å². The van der Waals surface area contributed by atoms with Gasteiger partial charge < -0.3 is 4.90 Å². The molecule has 1 amide bonds. The highest BCUT2D eigenvalue weighted by Crippen LogP contribution is 2.12. The minimum Gasteiger partial charge on any atom is -0.342 e. The van der Waals surface area contributed by atoms with Crippen LogP contribution in [0.15, 0.2) is 0 Å². The highest BCUT2D eigenvalue weighted by molar-refractivity contribution is 7.44. The van der Waals surface area contributed by atoms with Gasteiger partial charge in [-0.25, -0.2) is 0 Å². The monoisotopic (exact) mass is 162 g/mol. The van der Waals surface area contributed by atoms with Gasteiger partial charge in [0.15, 0.2) is 0 Å². The van der Waals surface area contributed by atoms with Crippen LogP contribution >= 0.6 is 7.80 Å². The first-order chi connectivity index (χ1) is 4.57. The average Bonchev–Trinajstić information content (AvgIpc) is 1.85. The van der Waals surface area contributed by atoms with Crippen molar-refractivity contribution in [1.82, 2.24) is 4.90 Å². The molecule has 0 rings (SSSR count). The molecule has 0 aromatic heterocycles. The molecule has 0 radical (unpaired) electrons. The third-order valence-corrected chi connectivity index (χ3v) is 1.97. The first kappa shape index (κ1) is 9.57. The van der Waals surface area contributed by atoms with Gasteiger partial charge in [-0.05, 0) is 6.92 Å². The van der Waals surface area contributed by atoms with Gasteiger partial charge in [0.2, 0.25) is 6.16 Å². The van der Waals surface area contributed by atoms with Gasteiger partial charge in [-0.15, -0.1) is 0 Å². The van der Waals surface area contributed by atoms with Crippen LogP contribution < -0.4 is 0 Å². The van der Waals surface area contributed by atoms with Crippen LogP contribution in [-0.2, 0) is 9.36 Å². The zero-order valence-corrected chi connectivity index (χ0v) is 7.52. The highest BCUT2D eigenvalue weighted by Gasteiger charge is 2.16. The van der Waals surface area contributed by atoms with Gasteiger partial charge in [0.05, 0.1) is 0 Å². The minimum absolute atomic E-state index is 0.0360. The Morgan fingerprint density at radius 1 is 1.60 bits per heavy atom. The summed E-state index contributed by atoms with van der Waals surface area (Å²) in [5, 5.41) is 0. The molecule has 3 nitrogen and oxygen atoms in total. The Bertz CT molecular complexity index is 147. The summed E-state index contributed by atoms with van der Waals surface area (Å²) in [5.41, 5.74) is 0. The quantitative estimate of drug-likeness (QED) is 0.579. The molecular weight excluding hydrogens is 149 g/mol. The zero-order chi connectivity index (χ0) is 8.15. The molecule has 1 atom stereocenters. The molecule has 4 heteroatoms. The first-order valence-electron chi connectivity index (χ1n) is 3.20. The lowest BCUT2D eigenvalue weighted by molar-refractivity contribution is -0.126. The topological polar surface area (TPSA) is 37.4 Å². The lowest BCUT2D eigenvalue weighted by Crippen LogP contribution is -2.27. The molecule has 0 aliphatic rings. The third kappa shape index (κ3) is 3.57. The number of rotatable bonds is 3. The van der Waals surface area contributed by atoms with Crippen molar-refractivity contribution in [3.8, 4) is 0 Å².